The molecule has 0 bridgehead atoms. The Labute approximate surface area is 115 Å². The first-order valence-electron chi connectivity index (χ1n) is 7.91. The van der Waals surface area contributed by atoms with Crippen molar-refractivity contribution in [1.82, 2.24) is 10.2 Å². The first-order valence-corrected chi connectivity index (χ1v) is 7.91. The second kappa shape index (κ2) is 8.16. The molecule has 0 spiro atoms. The van der Waals surface area contributed by atoms with Gasteiger partial charge in [0.15, 0.2) is 0 Å². The Morgan fingerprint density at radius 2 is 1.83 bits per heavy atom. The largest absolute Gasteiger partial charge is 0.320 e. The second-order valence-electron chi connectivity index (χ2n) is 7.00. The molecule has 1 rings (SSSR count). The number of nitrogens with zero attached hydrogens (tertiary/aromatic N) is 1. The molecule has 18 heavy (non-hydrogen) atoms. The van der Waals surface area contributed by atoms with Crippen molar-refractivity contribution in [3.05, 3.63) is 0 Å². The van der Waals surface area contributed by atoms with Crippen LogP contribution in [0, 0.1) is 11.3 Å². The highest BCUT2D eigenvalue weighted by molar-refractivity contribution is 4.78. The predicted octanol–water partition coefficient (Wildman–Crippen LogP) is 3.52. The van der Waals surface area contributed by atoms with E-state index < -0.39 is 0 Å². The van der Waals surface area contributed by atoms with Crippen molar-refractivity contribution in [2.24, 2.45) is 11.3 Å². The van der Waals surface area contributed by atoms with Gasteiger partial charge in [-0.05, 0) is 76.7 Å². The van der Waals surface area contributed by atoms with Gasteiger partial charge in [-0.15, -0.1) is 0 Å². The number of rotatable bonds is 6. The van der Waals surface area contributed by atoms with Crippen molar-refractivity contribution < 1.29 is 0 Å². The lowest BCUT2D eigenvalue weighted by molar-refractivity contribution is 0.207. The molecule has 0 radical (unpaired) electrons. The fourth-order valence-electron chi connectivity index (χ4n) is 3.06. The van der Waals surface area contributed by atoms with Crippen molar-refractivity contribution in [3.8, 4) is 0 Å². The van der Waals surface area contributed by atoms with Gasteiger partial charge in [0.25, 0.3) is 0 Å². The van der Waals surface area contributed by atoms with Crippen LogP contribution in [-0.2, 0) is 0 Å². The van der Waals surface area contributed by atoms with Gasteiger partial charge in [-0.3, -0.25) is 0 Å². The van der Waals surface area contributed by atoms with Gasteiger partial charge in [-0.1, -0.05) is 27.2 Å². The normalized spacial score (nSPS) is 23.0. The van der Waals surface area contributed by atoms with Crippen LogP contribution in [0.4, 0.5) is 0 Å². The zero-order valence-corrected chi connectivity index (χ0v) is 13.1. The molecule has 108 valence electrons. The van der Waals surface area contributed by atoms with Gasteiger partial charge in [0.2, 0.25) is 0 Å². The molecule has 1 N–H and O–H groups in total. The summed E-state index contributed by atoms with van der Waals surface area (Å²) < 4.78 is 0. The van der Waals surface area contributed by atoms with Crippen LogP contribution in [0.2, 0.25) is 0 Å². The topological polar surface area (TPSA) is 15.3 Å². The summed E-state index contributed by atoms with van der Waals surface area (Å²) in [6.07, 6.45) is 8.31. The van der Waals surface area contributed by atoms with Crippen LogP contribution in [-0.4, -0.2) is 38.1 Å². The van der Waals surface area contributed by atoms with Crippen molar-refractivity contribution in [2.45, 2.75) is 59.3 Å². The van der Waals surface area contributed by atoms with E-state index in [-0.39, 0.29) is 0 Å². The minimum atomic E-state index is 0.503. The van der Waals surface area contributed by atoms with E-state index in [0.29, 0.717) is 5.41 Å². The molecule has 0 aromatic rings. The van der Waals surface area contributed by atoms with Crippen LogP contribution in [0.15, 0.2) is 0 Å². The van der Waals surface area contributed by atoms with E-state index in [1.54, 1.807) is 0 Å². The summed E-state index contributed by atoms with van der Waals surface area (Å²) in [6, 6.07) is 0. The molecule has 0 amide bonds. The predicted molar refractivity (Wildman–Crippen MR) is 81.0 cm³/mol. The molecule has 0 aromatic carbocycles. The van der Waals surface area contributed by atoms with E-state index in [1.165, 1.54) is 64.7 Å². The van der Waals surface area contributed by atoms with Gasteiger partial charge in [-0.25, -0.2) is 0 Å². The van der Waals surface area contributed by atoms with Crippen LogP contribution in [0.1, 0.15) is 59.3 Å². The highest BCUT2D eigenvalue weighted by Gasteiger charge is 2.26. The summed E-state index contributed by atoms with van der Waals surface area (Å²) in [4.78, 5) is 2.70. The number of nitrogens with one attached hydrogen (secondary N) is 1. The lowest BCUT2D eigenvalue weighted by atomic mass is 9.77. The first-order chi connectivity index (χ1) is 8.54. The van der Waals surface area contributed by atoms with E-state index >= 15 is 0 Å². The second-order valence-corrected chi connectivity index (χ2v) is 7.00. The van der Waals surface area contributed by atoms with Gasteiger partial charge in [-0.2, -0.15) is 0 Å². The van der Waals surface area contributed by atoms with E-state index in [2.05, 4.69) is 31.0 Å². The molecule has 1 aliphatic rings. The Bertz CT molecular complexity index is 208. The zero-order chi connectivity index (χ0) is 13.4. The van der Waals surface area contributed by atoms with Crippen LogP contribution in [0.3, 0.4) is 0 Å². The number of likely N-dealkylation sites (tertiary alicyclic amines) is 1. The fourth-order valence-corrected chi connectivity index (χ4v) is 3.06. The minimum Gasteiger partial charge on any atom is -0.320 e. The molecule has 1 heterocycles. The van der Waals surface area contributed by atoms with Crippen molar-refractivity contribution in [3.63, 3.8) is 0 Å². The molecule has 0 saturated carbocycles. The first kappa shape index (κ1) is 16.0. The monoisotopic (exact) mass is 254 g/mol. The maximum atomic E-state index is 3.22. The van der Waals surface area contributed by atoms with E-state index in [9.17, 15) is 0 Å². The van der Waals surface area contributed by atoms with Crippen LogP contribution in [0.5, 0.6) is 0 Å². The summed E-state index contributed by atoms with van der Waals surface area (Å²) in [5.74, 6) is 0.923. The Kier molecular flexibility index (Phi) is 7.25. The van der Waals surface area contributed by atoms with Crippen LogP contribution >= 0.6 is 0 Å². The average molecular weight is 254 g/mol. The maximum absolute atomic E-state index is 3.22. The molecular formula is C16H34N2. The summed E-state index contributed by atoms with van der Waals surface area (Å²) in [5, 5.41) is 3.22. The van der Waals surface area contributed by atoms with Crippen LogP contribution < -0.4 is 5.32 Å². The summed E-state index contributed by atoms with van der Waals surface area (Å²) in [5.41, 5.74) is 0.503. The third-order valence-electron chi connectivity index (χ3n) is 4.45. The molecule has 0 aliphatic carbocycles. The van der Waals surface area contributed by atoms with E-state index in [4.69, 9.17) is 0 Å². The highest BCUT2D eigenvalue weighted by Crippen LogP contribution is 2.34. The summed E-state index contributed by atoms with van der Waals surface area (Å²) in [7, 11) is 2.04. The number of unbranched alkanes of at least 4 members (excludes halogenated alkanes) is 2. The SMILES string of the molecule is CNCCCCCN1CCCC(C(C)(C)C)CC1. The van der Waals surface area contributed by atoms with Crippen LogP contribution in [0.25, 0.3) is 0 Å². The Hall–Kier alpha value is -0.0800. The Balaban J connectivity index is 2.17. The van der Waals surface area contributed by atoms with Gasteiger partial charge in [0.1, 0.15) is 0 Å². The third-order valence-corrected chi connectivity index (χ3v) is 4.45. The molecule has 1 fully saturated rings. The standard InChI is InChI=1S/C16H34N2/c1-16(2,3)15-9-8-13-18(14-10-15)12-7-5-6-11-17-4/h15,17H,5-14H2,1-4H3. The molecular weight excluding hydrogens is 220 g/mol. The lowest BCUT2D eigenvalue weighted by Gasteiger charge is -2.29. The summed E-state index contributed by atoms with van der Waals surface area (Å²) in [6.45, 7) is 12.4. The smallest absolute Gasteiger partial charge is 0.00159 e. The third kappa shape index (κ3) is 6.19. The van der Waals surface area contributed by atoms with E-state index in [0.717, 1.165) is 5.92 Å². The van der Waals surface area contributed by atoms with Gasteiger partial charge in [0.05, 0.1) is 0 Å². The molecule has 1 aliphatic heterocycles. The molecule has 0 aromatic heterocycles. The Morgan fingerprint density at radius 3 is 2.50 bits per heavy atom. The zero-order valence-electron chi connectivity index (χ0n) is 13.1. The van der Waals surface area contributed by atoms with Crippen molar-refractivity contribution in [2.75, 3.05) is 33.2 Å². The molecule has 1 atom stereocenters. The lowest BCUT2D eigenvalue weighted by Crippen LogP contribution is -2.27. The molecule has 1 saturated heterocycles. The number of hydrogen-bond donors (Lipinski definition) is 1. The molecule has 2 heteroatoms. The van der Waals surface area contributed by atoms with Crippen molar-refractivity contribution >= 4 is 0 Å². The maximum Gasteiger partial charge on any atom is -0.00159 e. The van der Waals surface area contributed by atoms with E-state index in [1.807, 2.05) is 7.05 Å². The van der Waals surface area contributed by atoms with Crippen molar-refractivity contribution in [1.29, 1.82) is 0 Å². The average Bonchev–Trinajstić information content (AvgIpc) is 2.53. The minimum absolute atomic E-state index is 0.503. The van der Waals surface area contributed by atoms with Gasteiger partial charge < -0.3 is 10.2 Å². The van der Waals surface area contributed by atoms with Gasteiger partial charge in [0, 0.05) is 0 Å². The Morgan fingerprint density at radius 1 is 1.06 bits per heavy atom. The highest BCUT2D eigenvalue weighted by atomic mass is 15.1. The fraction of sp³-hybridized carbons (Fsp3) is 1.00. The number of hydrogen-bond acceptors (Lipinski definition) is 2. The summed E-state index contributed by atoms with van der Waals surface area (Å²) >= 11 is 0. The molecule has 1 unspecified atom stereocenters. The molecule has 2 nitrogen and oxygen atoms in total. The van der Waals surface area contributed by atoms with Gasteiger partial charge >= 0.3 is 0 Å². The quantitative estimate of drug-likeness (QED) is 0.730.